The number of rotatable bonds is 4. The van der Waals surface area contributed by atoms with Crippen LogP contribution in [0, 0.1) is 0 Å². The van der Waals surface area contributed by atoms with Crippen LogP contribution in [0.25, 0.3) is 0 Å². The van der Waals surface area contributed by atoms with E-state index in [1.165, 1.54) is 25.7 Å². The van der Waals surface area contributed by atoms with Crippen LogP contribution < -0.4 is 0 Å². The standard InChI is InChI=1S/2C4H10.2C4H8/c4*1-3-4-2/h2*3-4H2,1-2H3;2*3H,1,4H2,2H3. The fourth-order valence-electron chi connectivity index (χ4n) is 0. The summed E-state index contributed by atoms with van der Waals surface area (Å²) < 4.78 is 0. The minimum Gasteiger partial charge on any atom is -0.103 e. The topological polar surface area (TPSA) is 0 Å². The molecule has 0 radical (unpaired) electrons. The van der Waals surface area contributed by atoms with Crippen LogP contribution in [0.1, 0.15) is 80.1 Å². The van der Waals surface area contributed by atoms with Crippen LogP contribution in [0.15, 0.2) is 25.3 Å². The van der Waals surface area contributed by atoms with Crippen molar-refractivity contribution in [1.82, 2.24) is 0 Å². The van der Waals surface area contributed by atoms with Gasteiger partial charge in [-0.3, -0.25) is 0 Å². The van der Waals surface area contributed by atoms with Crippen molar-refractivity contribution in [3.05, 3.63) is 25.3 Å². The molecule has 0 N–H and O–H groups in total. The molecule has 0 aliphatic heterocycles. The summed E-state index contributed by atoms with van der Waals surface area (Å²) in [4.78, 5) is 0. The molecular formula is C16H36. The van der Waals surface area contributed by atoms with Gasteiger partial charge in [0.2, 0.25) is 0 Å². The van der Waals surface area contributed by atoms with E-state index in [2.05, 4.69) is 54.7 Å². The molecule has 0 saturated carbocycles. The highest BCUT2D eigenvalue weighted by atomic mass is 13.6. The molecule has 0 bridgehead atoms. The Kier molecular flexibility index (Phi) is 72.4. The summed E-state index contributed by atoms with van der Waals surface area (Å²) >= 11 is 0. The van der Waals surface area contributed by atoms with Gasteiger partial charge in [-0.2, -0.15) is 0 Å². The monoisotopic (exact) mass is 228 g/mol. The van der Waals surface area contributed by atoms with Gasteiger partial charge in [0, 0.05) is 0 Å². The molecule has 0 heterocycles. The lowest BCUT2D eigenvalue weighted by Gasteiger charge is -1.68. The van der Waals surface area contributed by atoms with Crippen LogP contribution in [0.5, 0.6) is 0 Å². The molecule has 100 valence electrons. The first kappa shape index (κ1) is 24.6. The summed E-state index contributed by atoms with van der Waals surface area (Å²) in [5.74, 6) is 0. The summed E-state index contributed by atoms with van der Waals surface area (Å²) in [6, 6.07) is 0. The Morgan fingerprint density at radius 1 is 0.562 bits per heavy atom. The second-order valence-electron chi connectivity index (χ2n) is 3.39. The van der Waals surface area contributed by atoms with Gasteiger partial charge in [-0.15, -0.1) is 13.2 Å². The lowest BCUT2D eigenvalue weighted by molar-refractivity contribution is 0.886. The molecule has 0 saturated heterocycles. The lowest BCUT2D eigenvalue weighted by atomic mass is 10.4. The zero-order valence-electron chi connectivity index (χ0n) is 12.8. The van der Waals surface area contributed by atoms with E-state index in [1.807, 2.05) is 12.2 Å². The predicted molar refractivity (Wildman–Crippen MR) is 82.1 cm³/mol. The Hall–Kier alpha value is -0.520. The van der Waals surface area contributed by atoms with Crippen molar-refractivity contribution in [2.75, 3.05) is 0 Å². The van der Waals surface area contributed by atoms with Crippen molar-refractivity contribution in [1.29, 1.82) is 0 Å². The smallest absolute Gasteiger partial charge is 0.0382 e. The molecule has 0 unspecified atom stereocenters. The van der Waals surface area contributed by atoms with E-state index in [0.29, 0.717) is 0 Å². The Labute approximate surface area is 106 Å². The highest BCUT2D eigenvalue weighted by Crippen LogP contribution is 1.77. The second-order valence-corrected chi connectivity index (χ2v) is 3.39. The molecule has 0 aromatic heterocycles. The number of allylic oxidation sites excluding steroid dienone is 2. The average Bonchev–Trinajstić information content (AvgIpc) is 2.39. The van der Waals surface area contributed by atoms with Gasteiger partial charge in [-0.05, 0) is 12.8 Å². The van der Waals surface area contributed by atoms with Gasteiger partial charge in [-0.25, -0.2) is 0 Å². The quantitative estimate of drug-likeness (QED) is 0.465. The first-order valence-corrected chi connectivity index (χ1v) is 6.88. The van der Waals surface area contributed by atoms with Crippen molar-refractivity contribution in [2.24, 2.45) is 0 Å². The maximum atomic E-state index is 3.48. The zero-order chi connectivity index (χ0) is 13.7. The van der Waals surface area contributed by atoms with Gasteiger partial charge in [0.1, 0.15) is 0 Å². The summed E-state index contributed by atoms with van der Waals surface area (Å²) in [6.07, 6.45) is 11.2. The molecule has 0 aliphatic carbocycles. The summed E-state index contributed by atoms with van der Waals surface area (Å²) in [7, 11) is 0. The van der Waals surface area contributed by atoms with Crippen molar-refractivity contribution in [3.63, 3.8) is 0 Å². The third-order valence-corrected chi connectivity index (χ3v) is 1.58. The van der Waals surface area contributed by atoms with Crippen LogP contribution in [0.3, 0.4) is 0 Å². The van der Waals surface area contributed by atoms with E-state index in [4.69, 9.17) is 0 Å². The largest absolute Gasteiger partial charge is 0.103 e. The normalized spacial score (nSPS) is 6.88. The van der Waals surface area contributed by atoms with E-state index in [1.54, 1.807) is 0 Å². The molecular weight excluding hydrogens is 192 g/mol. The molecule has 0 aromatic carbocycles. The molecule has 0 atom stereocenters. The molecule has 0 fully saturated rings. The fraction of sp³-hybridized carbons (Fsp3) is 0.750. The summed E-state index contributed by atoms with van der Waals surface area (Å²) in [5, 5.41) is 0. The minimum atomic E-state index is 1.08. The van der Waals surface area contributed by atoms with Gasteiger partial charge >= 0.3 is 0 Å². The minimum absolute atomic E-state index is 1.08. The Morgan fingerprint density at radius 3 is 0.688 bits per heavy atom. The SMILES string of the molecule is C=CCC.C=CCC.CCCC.CCCC. The lowest BCUT2D eigenvalue weighted by Crippen LogP contribution is -1.47. The summed E-state index contributed by atoms with van der Waals surface area (Å²) in [5.41, 5.74) is 0. The van der Waals surface area contributed by atoms with Crippen LogP contribution in [-0.4, -0.2) is 0 Å². The van der Waals surface area contributed by atoms with E-state index < -0.39 is 0 Å². The first-order valence-electron chi connectivity index (χ1n) is 6.88. The van der Waals surface area contributed by atoms with Gasteiger partial charge in [0.25, 0.3) is 0 Å². The number of unbranched alkanes of at least 4 members (excludes halogenated alkanes) is 2. The van der Waals surface area contributed by atoms with Crippen LogP contribution >= 0.6 is 0 Å². The van der Waals surface area contributed by atoms with Crippen molar-refractivity contribution < 1.29 is 0 Å². The second kappa shape index (κ2) is 47.0. The van der Waals surface area contributed by atoms with Gasteiger partial charge in [-0.1, -0.05) is 79.4 Å². The van der Waals surface area contributed by atoms with Crippen LogP contribution in [0.4, 0.5) is 0 Å². The number of hydrogen-bond donors (Lipinski definition) is 0. The maximum Gasteiger partial charge on any atom is -0.0382 e. The van der Waals surface area contributed by atoms with E-state index >= 15 is 0 Å². The predicted octanol–water partition coefficient (Wildman–Crippen LogP) is 6.78. The molecule has 16 heavy (non-hydrogen) atoms. The molecule has 0 amide bonds. The van der Waals surface area contributed by atoms with E-state index in [-0.39, 0.29) is 0 Å². The Bertz CT molecular complexity index is 66.0. The zero-order valence-corrected chi connectivity index (χ0v) is 12.8. The van der Waals surface area contributed by atoms with E-state index in [0.717, 1.165) is 12.8 Å². The molecule has 0 rings (SSSR count). The molecule has 0 heteroatoms. The van der Waals surface area contributed by atoms with Crippen molar-refractivity contribution in [3.8, 4) is 0 Å². The van der Waals surface area contributed by atoms with Crippen LogP contribution in [-0.2, 0) is 0 Å². The first-order chi connectivity index (χ1) is 7.66. The van der Waals surface area contributed by atoms with Gasteiger partial charge < -0.3 is 0 Å². The van der Waals surface area contributed by atoms with E-state index in [9.17, 15) is 0 Å². The van der Waals surface area contributed by atoms with Crippen LogP contribution in [0.2, 0.25) is 0 Å². The number of hydrogen-bond acceptors (Lipinski definition) is 0. The molecule has 0 aliphatic rings. The Morgan fingerprint density at radius 2 is 0.688 bits per heavy atom. The third kappa shape index (κ3) is 173. The van der Waals surface area contributed by atoms with Gasteiger partial charge in [0.15, 0.2) is 0 Å². The molecule has 0 nitrogen and oxygen atoms in total. The highest BCUT2D eigenvalue weighted by molar-refractivity contribution is 4.60. The highest BCUT2D eigenvalue weighted by Gasteiger charge is 1.56. The Balaban J connectivity index is -0.0000000600. The van der Waals surface area contributed by atoms with Crippen molar-refractivity contribution >= 4 is 0 Å². The summed E-state index contributed by atoms with van der Waals surface area (Å²) in [6.45, 7) is 19.8. The van der Waals surface area contributed by atoms with Gasteiger partial charge in [0.05, 0.1) is 0 Å². The molecule has 0 spiro atoms. The molecule has 0 aromatic rings. The third-order valence-electron chi connectivity index (χ3n) is 1.58. The van der Waals surface area contributed by atoms with Crippen molar-refractivity contribution in [2.45, 2.75) is 80.1 Å². The maximum absolute atomic E-state index is 3.48. The fourth-order valence-corrected chi connectivity index (χ4v) is 0. The average molecular weight is 228 g/mol.